The Labute approximate surface area is 231 Å². The Morgan fingerprint density at radius 1 is 1.32 bits per heavy atom. The van der Waals surface area contributed by atoms with Gasteiger partial charge in [-0.3, -0.25) is 14.5 Å². The quantitative estimate of drug-likeness (QED) is 0.198. The third-order valence-corrected chi connectivity index (χ3v) is 8.63. The highest BCUT2D eigenvalue weighted by Crippen LogP contribution is 2.40. The highest BCUT2D eigenvalue weighted by molar-refractivity contribution is 8.00. The number of carbonyl (C=O) groups excluding carboxylic acids is 2. The van der Waals surface area contributed by atoms with Crippen LogP contribution in [0.4, 0.5) is 11.6 Å². The van der Waals surface area contributed by atoms with Crippen molar-refractivity contribution in [2.45, 2.75) is 29.3 Å². The van der Waals surface area contributed by atoms with E-state index in [1.807, 2.05) is 6.08 Å². The maximum atomic E-state index is 12.8. The van der Waals surface area contributed by atoms with E-state index < -0.39 is 23.3 Å². The van der Waals surface area contributed by atoms with Gasteiger partial charge in [0, 0.05) is 15.7 Å². The summed E-state index contributed by atoms with van der Waals surface area (Å²) in [7, 11) is 0. The smallest absolute Gasteiger partial charge is 0.352 e. The number of carbonyl (C=O) groups is 3. The number of halogens is 2. The standard InChI is InChI=1S/C23H22Cl2N6O4S2/c24-13-4-5-14(25)15(7-13)36-10-18(32)29-19-21(33)31-20(23(34)35)12(9-37-22(19)31)3-1-2-6-30-11-28-16(26)8-17(30)27/h1,3-5,7-8,11,19,22H,2,6,9-10H2,(H5,26,27,29,32,34,35)/p+1/b3-1+/t19-,22-/m1/s1. The second kappa shape index (κ2) is 11.6. The number of hydrogen-bond acceptors (Lipinski definition) is 8. The molecular formula is C23H23Cl2N6O4S2+. The molecule has 14 heteroatoms. The molecule has 1 aromatic heterocycles. The molecule has 194 valence electrons. The van der Waals surface area contributed by atoms with E-state index in [9.17, 15) is 19.5 Å². The Balaban J connectivity index is 1.36. The monoisotopic (exact) mass is 581 g/mol. The zero-order valence-corrected chi connectivity index (χ0v) is 22.4. The largest absolute Gasteiger partial charge is 0.477 e. The lowest BCUT2D eigenvalue weighted by atomic mass is 10.0. The topological polar surface area (TPSA) is 156 Å². The van der Waals surface area contributed by atoms with Crippen LogP contribution < -0.4 is 21.4 Å². The van der Waals surface area contributed by atoms with E-state index in [2.05, 4.69) is 10.3 Å². The average Bonchev–Trinajstić information content (AvgIpc) is 2.86. The molecule has 4 rings (SSSR count). The summed E-state index contributed by atoms with van der Waals surface area (Å²) in [4.78, 5) is 43.3. The number of aromatic nitrogens is 2. The summed E-state index contributed by atoms with van der Waals surface area (Å²) >= 11 is 14.7. The van der Waals surface area contributed by atoms with E-state index in [0.29, 0.717) is 50.9 Å². The van der Waals surface area contributed by atoms with Gasteiger partial charge >= 0.3 is 5.97 Å². The lowest BCUT2D eigenvalue weighted by molar-refractivity contribution is -0.684. The summed E-state index contributed by atoms with van der Waals surface area (Å²) in [6, 6.07) is 5.71. The number of anilines is 2. The van der Waals surface area contributed by atoms with Crippen LogP contribution in [0.25, 0.3) is 0 Å². The summed E-state index contributed by atoms with van der Waals surface area (Å²) in [5.41, 5.74) is 12.0. The fourth-order valence-corrected chi connectivity index (χ4v) is 6.44. The number of nitrogens with two attached hydrogens (primary N) is 2. The molecule has 2 aromatic rings. The van der Waals surface area contributed by atoms with Gasteiger partial charge in [-0.05, 0) is 30.2 Å². The molecule has 1 saturated heterocycles. The normalized spacial score (nSPS) is 19.1. The van der Waals surface area contributed by atoms with Gasteiger partial charge in [0.2, 0.25) is 23.9 Å². The summed E-state index contributed by atoms with van der Waals surface area (Å²) in [5.74, 6) is -0.817. The number of nitrogens with zero attached hydrogens (tertiary/aromatic N) is 3. The molecule has 0 spiro atoms. The Hall–Kier alpha value is -2.93. The predicted molar refractivity (Wildman–Crippen MR) is 144 cm³/mol. The number of thioether (sulfide) groups is 2. The van der Waals surface area contributed by atoms with Crippen molar-refractivity contribution in [2.24, 2.45) is 0 Å². The minimum absolute atomic E-state index is 0.0307. The number of carboxylic acids is 1. The number of amides is 2. The molecule has 6 N–H and O–H groups in total. The molecule has 1 fully saturated rings. The Kier molecular flexibility index (Phi) is 8.53. The van der Waals surface area contributed by atoms with Gasteiger partial charge in [0.25, 0.3) is 5.91 Å². The van der Waals surface area contributed by atoms with Crippen LogP contribution in [-0.4, -0.2) is 55.7 Å². The fourth-order valence-electron chi connectivity index (χ4n) is 3.82. The number of aryl methyl sites for hydroxylation is 1. The van der Waals surface area contributed by atoms with Crippen molar-refractivity contribution in [3.63, 3.8) is 0 Å². The number of fused-ring (bicyclic) bond motifs is 1. The van der Waals surface area contributed by atoms with Crippen LogP contribution >= 0.6 is 46.7 Å². The van der Waals surface area contributed by atoms with Gasteiger partial charge in [0.1, 0.15) is 17.1 Å². The van der Waals surface area contributed by atoms with E-state index in [-0.39, 0.29) is 17.4 Å². The summed E-state index contributed by atoms with van der Waals surface area (Å²) < 4.78 is 1.73. The van der Waals surface area contributed by atoms with Gasteiger partial charge in [0.15, 0.2) is 0 Å². The van der Waals surface area contributed by atoms with E-state index in [0.717, 1.165) is 0 Å². The number of rotatable bonds is 9. The van der Waals surface area contributed by atoms with Crippen LogP contribution in [0.15, 0.2) is 58.9 Å². The first-order valence-electron chi connectivity index (χ1n) is 11.0. The molecule has 0 bridgehead atoms. The van der Waals surface area contributed by atoms with Crippen LogP contribution in [0.5, 0.6) is 0 Å². The molecule has 2 atom stereocenters. The van der Waals surface area contributed by atoms with Crippen molar-refractivity contribution in [3.8, 4) is 0 Å². The van der Waals surface area contributed by atoms with Gasteiger partial charge in [0.05, 0.1) is 23.4 Å². The van der Waals surface area contributed by atoms with Crippen molar-refractivity contribution in [3.05, 3.63) is 64.1 Å². The number of benzene rings is 1. The number of allylic oxidation sites excluding steroid dienone is 2. The maximum Gasteiger partial charge on any atom is 0.352 e. The van der Waals surface area contributed by atoms with Crippen molar-refractivity contribution in [1.29, 1.82) is 0 Å². The lowest BCUT2D eigenvalue weighted by Gasteiger charge is -2.49. The number of carboxylic acid groups (broad SMARTS) is 1. The molecule has 37 heavy (non-hydrogen) atoms. The Morgan fingerprint density at radius 3 is 2.84 bits per heavy atom. The molecule has 2 aliphatic rings. The molecule has 0 radical (unpaired) electrons. The van der Waals surface area contributed by atoms with Gasteiger partial charge in [-0.25, -0.2) is 9.36 Å². The molecule has 1 aromatic carbocycles. The minimum atomic E-state index is -1.20. The Bertz CT molecular complexity index is 1320. The van der Waals surface area contributed by atoms with Crippen LogP contribution in [-0.2, 0) is 20.9 Å². The van der Waals surface area contributed by atoms with Gasteiger partial charge in [-0.2, -0.15) is 0 Å². The maximum absolute atomic E-state index is 12.8. The number of β-lactam (4-membered cyclic amide) rings is 1. The SMILES string of the molecule is Nc1cc(N)[n+](CC/C=C/C2=C(C(=O)O)N3C(=O)[C@@H](NC(=O)CSc4cc(Cl)ccc4Cl)[C@H]3SC2)cn1. The molecule has 2 amide bonds. The third-order valence-electron chi connectivity index (χ3n) is 5.60. The summed E-state index contributed by atoms with van der Waals surface area (Å²) in [5, 5.41) is 13.0. The van der Waals surface area contributed by atoms with Crippen molar-refractivity contribution in [2.75, 3.05) is 23.0 Å². The molecule has 10 nitrogen and oxygen atoms in total. The third kappa shape index (κ3) is 6.15. The van der Waals surface area contributed by atoms with Crippen LogP contribution in [0.2, 0.25) is 10.0 Å². The summed E-state index contributed by atoms with van der Waals surface area (Å²) in [6.45, 7) is 0.524. The fraction of sp³-hybridized carbons (Fsp3) is 0.261. The second-order valence-electron chi connectivity index (χ2n) is 8.12. The second-order valence-corrected chi connectivity index (χ2v) is 11.1. The molecule has 0 aliphatic carbocycles. The number of nitrogen functional groups attached to an aromatic ring is 2. The van der Waals surface area contributed by atoms with Gasteiger partial charge in [-0.15, -0.1) is 23.5 Å². The Morgan fingerprint density at radius 2 is 2.11 bits per heavy atom. The van der Waals surface area contributed by atoms with Crippen LogP contribution in [0.3, 0.4) is 0 Å². The van der Waals surface area contributed by atoms with Gasteiger partial charge in [-0.1, -0.05) is 40.3 Å². The first kappa shape index (κ1) is 27.1. The predicted octanol–water partition coefficient (Wildman–Crippen LogP) is 2.32. The summed E-state index contributed by atoms with van der Waals surface area (Å²) in [6.07, 6.45) is 5.63. The van der Waals surface area contributed by atoms with E-state index in [4.69, 9.17) is 34.7 Å². The molecular weight excluding hydrogens is 559 g/mol. The zero-order valence-electron chi connectivity index (χ0n) is 19.3. The number of aliphatic carboxylic acids is 1. The van der Waals surface area contributed by atoms with Crippen molar-refractivity contribution < 1.29 is 24.1 Å². The molecule has 0 unspecified atom stereocenters. The zero-order chi connectivity index (χ0) is 26.7. The minimum Gasteiger partial charge on any atom is -0.477 e. The number of nitrogens with one attached hydrogen (secondary N) is 1. The lowest BCUT2D eigenvalue weighted by Crippen LogP contribution is -2.70. The van der Waals surface area contributed by atoms with Gasteiger partial charge < -0.3 is 21.9 Å². The first-order chi connectivity index (χ1) is 17.7. The molecule has 3 heterocycles. The van der Waals surface area contributed by atoms with Crippen molar-refractivity contribution in [1.82, 2.24) is 15.2 Å². The average molecular weight is 583 g/mol. The van der Waals surface area contributed by atoms with Crippen LogP contribution in [0, 0.1) is 0 Å². The van der Waals surface area contributed by atoms with Crippen LogP contribution in [0.1, 0.15) is 6.42 Å². The van der Waals surface area contributed by atoms with Crippen molar-refractivity contribution >= 4 is 76.1 Å². The van der Waals surface area contributed by atoms with E-state index in [1.165, 1.54) is 34.8 Å². The van der Waals surface area contributed by atoms with E-state index >= 15 is 0 Å². The first-order valence-corrected chi connectivity index (χ1v) is 13.8. The van der Waals surface area contributed by atoms with E-state index in [1.54, 1.807) is 34.9 Å². The number of hydrogen-bond donors (Lipinski definition) is 4. The highest BCUT2D eigenvalue weighted by atomic mass is 35.5. The molecule has 2 aliphatic heterocycles. The molecule has 0 saturated carbocycles. The highest BCUT2D eigenvalue weighted by Gasteiger charge is 2.53.